The van der Waals surface area contributed by atoms with Crippen molar-refractivity contribution in [1.29, 1.82) is 0 Å². The van der Waals surface area contributed by atoms with Crippen LogP contribution in [0.3, 0.4) is 0 Å². The van der Waals surface area contributed by atoms with E-state index in [1.54, 1.807) is 0 Å². The first kappa shape index (κ1) is 16.2. The zero-order valence-electron chi connectivity index (χ0n) is 15.1. The molecule has 0 aliphatic rings. The standard InChI is InChI=1S/C24H22N2/c1-17-7-11-19(12-8-17)23(21-5-3-15-25-21)24(22-6-4-16-26-22)20-13-9-18(2)10-14-20/h3-16,25-26H,1-2H3/b24-23-. The van der Waals surface area contributed by atoms with E-state index in [2.05, 4.69) is 84.5 Å². The maximum atomic E-state index is 3.40. The van der Waals surface area contributed by atoms with E-state index >= 15 is 0 Å². The molecule has 2 heterocycles. The van der Waals surface area contributed by atoms with Gasteiger partial charge in [-0.2, -0.15) is 0 Å². The number of hydrogen-bond donors (Lipinski definition) is 2. The lowest BCUT2D eigenvalue weighted by Crippen LogP contribution is -1.98. The third kappa shape index (κ3) is 3.14. The van der Waals surface area contributed by atoms with E-state index in [1.165, 1.54) is 33.4 Å². The van der Waals surface area contributed by atoms with Crippen molar-refractivity contribution in [2.24, 2.45) is 0 Å². The van der Waals surface area contributed by atoms with Crippen LogP contribution in [0.2, 0.25) is 0 Å². The van der Waals surface area contributed by atoms with Gasteiger partial charge in [-0.25, -0.2) is 0 Å². The van der Waals surface area contributed by atoms with Crippen molar-refractivity contribution in [3.63, 3.8) is 0 Å². The minimum absolute atomic E-state index is 1.11. The molecule has 0 unspecified atom stereocenters. The zero-order chi connectivity index (χ0) is 17.9. The van der Waals surface area contributed by atoms with E-state index in [9.17, 15) is 0 Å². The smallest absolute Gasteiger partial charge is 0.0467 e. The van der Waals surface area contributed by atoms with Gasteiger partial charge in [0.05, 0.1) is 0 Å². The molecule has 0 bridgehead atoms. The second-order valence-electron chi connectivity index (χ2n) is 6.65. The van der Waals surface area contributed by atoms with E-state index < -0.39 is 0 Å². The van der Waals surface area contributed by atoms with Crippen molar-refractivity contribution in [2.45, 2.75) is 13.8 Å². The van der Waals surface area contributed by atoms with E-state index in [0.717, 1.165) is 11.4 Å². The van der Waals surface area contributed by atoms with Gasteiger partial charge in [-0.3, -0.25) is 0 Å². The summed E-state index contributed by atoms with van der Waals surface area (Å²) < 4.78 is 0. The molecule has 0 saturated heterocycles. The fourth-order valence-corrected chi connectivity index (χ4v) is 3.28. The van der Waals surface area contributed by atoms with Crippen molar-refractivity contribution in [3.8, 4) is 0 Å². The molecule has 128 valence electrons. The Morgan fingerprint density at radius 3 is 1.23 bits per heavy atom. The first-order valence-corrected chi connectivity index (χ1v) is 8.88. The normalized spacial score (nSPS) is 12.1. The molecule has 4 rings (SSSR count). The van der Waals surface area contributed by atoms with Gasteiger partial charge in [0.1, 0.15) is 0 Å². The molecule has 0 spiro atoms. The van der Waals surface area contributed by atoms with E-state index in [1.807, 2.05) is 24.5 Å². The van der Waals surface area contributed by atoms with Crippen LogP contribution in [0.1, 0.15) is 33.6 Å². The molecular weight excluding hydrogens is 316 g/mol. The maximum absolute atomic E-state index is 3.40. The van der Waals surface area contributed by atoms with Gasteiger partial charge in [-0.1, -0.05) is 59.7 Å². The maximum Gasteiger partial charge on any atom is 0.0467 e. The molecule has 0 fully saturated rings. The van der Waals surface area contributed by atoms with Gasteiger partial charge in [-0.05, 0) is 49.2 Å². The van der Waals surface area contributed by atoms with Gasteiger partial charge in [0.25, 0.3) is 0 Å². The summed E-state index contributed by atoms with van der Waals surface area (Å²) in [5, 5.41) is 0. The summed E-state index contributed by atoms with van der Waals surface area (Å²) in [6.45, 7) is 4.24. The van der Waals surface area contributed by atoms with Crippen LogP contribution in [0.15, 0.2) is 85.2 Å². The van der Waals surface area contributed by atoms with Crippen LogP contribution in [-0.2, 0) is 0 Å². The highest BCUT2D eigenvalue weighted by Crippen LogP contribution is 2.35. The second kappa shape index (κ2) is 6.93. The molecular formula is C24H22N2. The average Bonchev–Trinajstić information content (AvgIpc) is 3.36. The largest absolute Gasteiger partial charge is 0.361 e. The minimum Gasteiger partial charge on any atom is -0.361 e. The third-order valence-electron chi connectivity index (χ3n) is 4.67. The number of H-pyrrole nitrogens is 2. The van der Waals surface area contributed by atoms with Crippen molar-refractivity contribution in [2.75, 3.05) is 0 Å². The van der Waals surface area contributed by atoms with E-state index in [-0.39, 0.29) is 0 Å². The van der Waals surface area contributed by atoms with Gasteiger partial charge >= 0.3 is 0 Å². The number of hydrogen-bond acceptors (Lipinski definition) is 0. The summed E-state index contributed by atoms with van der Waals surface area (Å²) in [6.07, 6.45) is 3.95. The van der Waals surface area contributed by atoms with Gasteiger partial charge < -0.3 is 9.97 Å². The Kier molecular flexibility index (Phi) is 4.32. The highest BCUT2D eigenvalue weighted by atomic mass is 14.7. The van der Waals surface area contributed by atoms with E-state index in [4.69, 9.17) is 0 Å². The molecule has 2 nitrogen and oxygen atoms in total. The number of aromatic amines is 2. The summed E-state index contributed by atoms with van der Waals surface area (Å²) in [5.74, 6) is 0. The average molecular weight is 338 g/mol. The molecule has 26 heavy (non-hydrogen) atoms. The molecule has 2 heteroatoms. The molecule has 2 aromatic heterocycles. The number of nitrogens with one attached hydrogen (secondary N) is 2. The molecule has 0 saturated carbocycles. The van der Waals surface area contributed by atoms with Crippen LogP contribution in [0.4, 0.5) is 0 Å². The molecule has 2 N–H and O–H groups in total. The quantitative estimate of drug-likeness (QED) is 0.430. The fourth-order valence-electron chi connectivity index (χ4n) is 3.28. The Morgan fingerprint density at radius 1 is 0.538 bits per heavy atom. The number of aromatic nitrogens is 2. The second-order valence-corrected chi connectivity index (χ2v) is 6.65. The van der Waals surface area contributed by atoms with Crippen LogP contribution < -0.4 is 0 Å². The Balaban J connectivity index is 2.04. The molecule has 2 aromatic carbocycles. The Bertz CT molecular complexity index is 915. The van der Waals surface area contributed by atoms with Crippen molar-refractivity contribution in [3.05, 3.63) is 119 Å². The summed E-state index contributed by atoms with van der Waals surface area (Å²) in [5.41, 5.74) is 9.53. The Morgan fingerprint density at radius 2 is 0.923 bits per heavy atom. The van der Waals surface area contributed by atoms with Crippen LogP contribution in [-0.4, -0.2) is 9.97 Å². The molecule has 0 atom stereocenters. The molecule has 4 aromatic rings. The van der Waals surface area contributed by atoms with Crippen LogP contribution >= 0.6 is 0 Å². The lowest BCUT2D eigenvalue weighted by molar-refractivity contribution is 1.31. The number of benzene rings is 2. The Hall–Kier alpha value is -3.26. The van der Waals surface area contributed by atoms with Gasteiger partial charge in [0.2, 0.25) is 0 Å². The predicted octanol–water partition coefficient (Wildman–Crippen LogP) is 5.97. The molecule has 0 amide bonds. The first-order chi connectivity index (χ1) is 12.7. The topological polar surface area (TPSA) is 31.6 Å². The van der Waals surface area contributed by atoms with Crippen LogP contribution in [0, 0.1) is 13.8 Å². The summed E-state index contributed by atoms with van der Waals surface area (Å²) >= 11 is 0. The molecule has 0 aliphatic heterocycles. The van der Waals surface area contributed by atoms with Crippen LogP contribution in [0.5, 0.6) is 0 Å². The third-order valence-corrected chi connectivity index (χ3v) is 4.67. The summed E-state index contributed by atoms with van der Waals surface area (Å²) in [7, 11) is 0. The highest BCUT2D eigenvalue weighted by Gasteiger charge is 2.17. The number of aryl methyl sites for hydroxylation is 2. The van der Waals surface area contributed by atoms with Crippen LogP contribution in [0.25, 0.3) is 11.1 Å². The molecule has 0 aliphatic carbocycles. The summed E-state index contributed by atoms with van der Waals surface area (Å²) in [6, 6.07) is 25.8. The minimum atomic E-state index is 1.11. The SMILES string of the molecule is Cc1ccc(/C(=C(\c2ccc(C)cc2)c2ccc[nH]2)c2ccc[nH]2)cc1. The van der Waals surface area contributed by atoms with Gasteiger partial charge in [0.15, 0.2) is 0 Å². The lowest BCUT2D eigenvalue weighted by atomic mass is 9.90. The van der Waals surface area contributed by atoms with Crippen molar-refractivity contribution in [1.82, 2.24) is 9.97 Å². The summed E-state index contributed by atoms with van der Waals surface area (Å²) in [4.78, 5) is 6.80. The molecule has 0 radical (unpaired) electrons. The monoisotopic (exact) mass is 338 g/mol. The van der Waals surface area contributed by atoms with Crippen molar-refractivity contribution >= 4 is 11.1 Å². The van der Waals surface area contributed by atoms with E-state index in [0.29, 0.717) is 0 Å². The zero-order valence-corrected chi connectivity index (χ0v) is 15.1. The lowest BCUT2D eigenvalue weighted by Gasteiger charge is -2.16. The first-order valence-electron chi connectivity index (χ1n) is 8.88. The number of rotatable bonds is 4. The van der Waals surface area contributed by atoms with Crippen molar-refractivity contribution < 1.29 is 0 Å². The highest BCUT2D eigenvalue weighted by molar-refractivity contribution is 6.03. The van der Waals surface area contributed by atoms with Gasteiger partial charge in [0, 0.05) is 34.9 Å². The predicted molar refractivity (Wildman–Crippen MR) is 109 cm³/mol. The van der Waals surface area contributed by atoms with Gasteiger partial charge in [-0.15, -0.1) is 0 Å². The Labute approximate surface area is 154 Å². The fraction of sp³-hybridized carbons (Fsp3) is 0.0833.